The number of nitrogens with zero attached hydrogens (tertiary/aromatic N) is 6. The van der Waals surface area contributed by atoms with E-state index in [4.69, 9.17) is 9.84 Å². The number of esters is 1. The lowest BCUT2D eigenvalue weighted by atomic mass is 9.86. The molecule has 9 nitrogen and oxygen atoms in total. The van der Waals surface area contributed by atoms with Crippen LogP contribution in [0.2, 0.25) is 0 Å². The number of aromatic nitrogens is 4. The number of amides is 1. The van der Waals surface area contributed by atoms with Gasteiger partial charge >= 0.3 is 5.97 Å². The minimum absolute atomic E-state index is 0.0893. The summed E-state index contributed by atoms with van der Waals surface area (Å²) in [5, 5.41) is 4.72. The van der Waals surface area contributed by atoms with Crippen LogP contribution in [0, 0.1) is 0 Å². The fourth-order valence-electron chi connectivity index (χ4n) is 3.96. The largest absolute Gasteiger partial charge is 0.453 e. The number of rotatable bonds is 4. The Morgan fingerprint density at radius 2 is 1.70 bits per heavy atom. The zero-order valence-corrected chi connectivity index (χ0v) is 19.8. The topological polar surface area (TPSA) is 92.9 Å². The smallest absolute Gasteiger partial charge is 0.303 e. The molecule has 0 unspecified atom stereocenters. The van der Waals surface area contributed by atoms with Crippen molar-refractivity contribution >= 4 is 23.6 Å². The monoisotopic (exact) mass is 450 g/mol. The van der Waals surface area contributed by atoms with Gasteiger partial charge in [-0.1, -0.05) is 45.0 Å². The standard InChI is InChI=1S/C24H30N6O3/c1-16(33-17(2)31)21(32)28-12-14-29(15-13-28)23-26-22-25-11-10-20(30(22)27-23)18-6-8-19(9-7-18)24(3,4)5/h6-11,16H,12-15H2,1-5H3/t16-/m0/s1. The van der Waals surface area contributed by atoms with E-state index in [1.807, 2.05) is 11.0 Å². The molecule has 3 heterocycles. The normalized spacial score (nSPS) is 15.5. The van der Waals surface area contributed by atoms with Gasteiger partial charge in [-0.15, -0.1) is 5.10 Å². The number of benzene rings is 1. The number of hydrogen-bond donors (Lipinski definition) is 0. The molecule has 0 saturated carbocycles. The lowest BCUT2D eigenvalue weighted by molar-refractivity contribution is -0.157. The maximum Gasteiger partial charge on any atom is 0.303 e. The summed E-state index contributed by atoms with van der Waals surface area (Å²) in [5.41, 5.74) is 3.32. The van der Waals surface area contributed by atoms with E-state index in [2.05, 4.69) is 55.0 Å². The van der Waals surface area contributed by atoms with Gasteiger partial charge in [0.25, 0.3) is 11.7 Å². The Labute approximate surface area is 193 Å². The molecule has 1 amide bonds. The number of carbonyl (C=O) groups is 2. The minimum Gasteiger partial charge on any atom is -0.453 e. The summed E-state index contributed by atoms with van der Waals surface area (Å²) in [6.07, 6.45) is 0.965. The summed E-state index contributed by atoms with van der Waals surface area (Å²) in [4.78, 5) is 36.4. The molecule has 0 N–H and O–H groups in total. The highest BCUT2D eigenvalue weighted by molar-refractivity contribution is 5.83. The molecule has 1 saturated heterocycles. The van der Waals surface area contributed by atoms with E-state index < -0.39 is 12.1 Å². The van der Waals surface area contributed by atoms with Crippen LogP contribution < -0.4 is 4.90 Å². The maximum absolute atomic E-state index is 12.5. The molecule has 1 aromatic carbocycles. The van der Waals surface area contributed by atoms with E-state index in [-0.39, 0.29) is 11.3 Å². The summed E-state index contributed by atoms with van der Waals surface area (Å²) in [6, 6.07) is 10.4. The van der Waals surface area contributed by atoms with Crippen LogP contribution in [0.4, 0.5) is 5.95 Å². The predicted molar refractivity (Wildman–Crippen MR) is 125 cm³/mol. The fraction of sp³-hybridized carbons (Fsp3) is 0.458. The van der Waals surface area contributed by atoms with Crippen LogP contribution in [0.3, 0.4) is 0 Å². The molecule has 9 heteroatoms. The number of fused-ring (bicyclic) bond motifs is 1. The molecule has 33 heavy (non-hydrogen) atoms. The molecule has 1 aliphatic heterocycles. The van der Waals surface area contributed by atoms with Crippen molar-refractivity contribution in [2.75, 3.05) is 31.1 Å². The average molecular weight is 451 g/mol. The first-order valence-corrected chi connectivity index (χ1v) is 11.2. The number of ether oxygens (including phenoxy) is 1. The van der Waals surface area contributed by atoms with E-state index in [0.29, 0.717) is 37.9 Å². The highest BCUT2D eigenvalue weighted by Gasteiger charge is 2.28. The molecule has 3 aromatic rings. The van der Waals surface area contributed by atoms with E-state index in [1.54, 1.807) is 22.5 Å². The quantitative estimate of drug-likeness (QED) is 0.564. The molecule has 1 atom stereocenters. The summed E-state index contributed by atoms with van der Waals surface area (Å²) in [7, 11) is 0. The second kappa shape index (κ2) is 8.80. The van der Waals surface area contributed by atoms with E-state index in [1.165, 1.54) is 12.5 Å². The highest BCUT2D eigenvalue weighted by atomic mass is 16.5. The first-order valence-electron chi connectivity index (χ1n) is 11.2. The van der Waals surface area contributed by atoms with Crippen LogP contribution in [-0.2, 0) is 19.7 Å². The summed E-state index contributed by atoms with van der Waals surface area (Å²) in [5.74, 6) is 0.473. The van der Waals surface area contributed by atoms with Crippen molar-refractivity contribution in [1.29, 1.82) is 0 Å². The van der Waals surface area contributed by atoms with Crippen molar-refractivity contribution in [3.8, 4) is 11.3 Å². The van der Waals surface area contributed by atoms with Gasteiger partial charge in [0.15, 0.2) is 6.10 Å². The maximum atomic E-state index is 12.5. The lowest BCUT2D eigenvalue weighted by Crippen LogP contribution is -2.52. The van der Waals surface area contributed by atoms with Crippen molar-refractivity contribution in [3.63, 3.8) is 0 Å². The molecule has 4 rings (SSSR count). The van der Waals surface area contributed by atoms with Crippen LogP contribution in [0.25, 0.3) is 17.0 Å². The van der Waals surface area contributed by atoms with Gasteiger partial charge in [-0.2, -0.15) is 9.50 Å². The Morgan fingerprint density at radius 1 is 1.03 bits per heavy atom. The number of hydrogen-bond acceptors (Lipinski definition) is 7. The molecular formula is C24H30N6O3. The van der Waals surface area contributed by atoms with Gasteiger partial charge in [0, 0.05) is 44.9 Å². The van der Waals surface area contributed by atoms with Crippen LogP contribution in [-0.4, -0.2) is 68.6 Å². The summed E-state index contributed by atoms with van der Waals surface area (Å²) >= 11 is 0. The van der Waals surface area contributed by atoms with Gasteiger partial charge in [0.05, 0.1) is 5.69 Å². The van der Waals surface area contributed by atoms with Crippen molar-refractivity contribution in [2.45, 2.75) is 46.1 Å². The minimum atomic E-state index is -0.779. The van der Waals surface area contributed by atoms with Gasteiger partial charge < -0.3 is 14.5 Å². The summed E-state index contributed by atoms with van der Waals surface area (Å²) < 4.78 is 6.78. The number of piperazine rings is 1. The molecule has 0 bridgehead atoms. The van der Waals surface area contributed by atoms with Gasteiger partial charge in [-0.3, -0.25) is 9.59 Å². The van der Waals surface area contributed by atoms with Crippen molar-refractivity contribution in [2.24, 2.45) is 0 Å². The van der Waals surface area contributed by atoms with Crippen molar-refractivity contribution < 1.29 is 14.3 Å². The second-order valence-corrected chi connectivity index (χ2v) is 9.35. The third kappa shape index (κ3) is 4.81. The highest BCUT2D eigenvalue weighted by Crippen LogP contribution is 2.26. The first-order chi connectivity index (χ1) is 15.6. The Bertz CT molecular complexity index is 1160. The SMILES string of the molecule is CC(=O)O[C@@H](C)C(=O)N1CCN(c2nc3nccc(-c4ccc(C(C)(C)C)cc4)n3n2)CC1. The third-order valence-corrected chi connectivity index (χ3v) is 5.84. The molecule has 1 fully saturated rings. The van der Waals surface area contributed by atoms with Crippen LogP contribution >= 0.6 is 0 Å². The molecule has 174 valence electrons. The van der Waals surface area contributed by atoms with Crippen LogP contribution in [0.1, 0.15) is 40.2 Å². The van der Waals surface area contributed by atoms with E-state index in [0.717, 1.165) is 11.3 Å². The summed E-state index contributed by atoms with van der Waals surface area (Å²) in [6.45, 7) is 11.7. The van der Waals surface area contributed by atoms with Crippen molar-refractivity contribution in [1.82, 2.24) is 24.5 Å². The zero-order valence-electron chi connectivity index (χ0n) is 19.8. The molecule has 2 aromatic heterocycles. The molecule has 1 aliphatic rings. The van der Waals surface area contributed by atoms with Crippen molar-refractivity contribution in [3.05, 3.63) is 42.1 Å². The Morgan fingerprint density at radius 3 is 2.30 bits per heavy atom. The average Bonchev–Trinajstić information content (AvgIpc) is 3.22. The second-order valence-electron chi connectivity index (χ2n) is 9.35. The van der Waals surface area contributed by atoms with E-state index >= 15 is 0 Å². The van der Waals surface area contributed by atoms with Crippen LogP contribution in [0.15, 0.2) is 36.5 Å². The van der Waals surface area contributed by atoms with Gasteiger partial charge in [0.1, 0.15) is 0 Å². The van der Waals surface area contributed by atoms with Gasteiger partial charge in [-0.25, -0.2) is 4.98 Å². The third-order valence-electron chi connectivity index (χ3n) is 5.84. The number of anilines is 1. The Kier molecular flexibility index (Phi) is 6.05. The molecule has 0 spiro atoms. The first kappa shape index (κ1) is 22.7. The Hall–Kier alpha value is -3.49. The van der Waals surface area contributed by atoms with Gasteiger partial charge in [-0.05, 0) is 24.0 Å². The fourth-order valence-corrected chi connectivity index (χ4v) is 3.96. The number of carbonyl (C=O) groups excluding carboxylic acids is 2. The van der Waals surface area contributed by atoms with Crippen LogP contribution in [0.5, 0.6) is 0 Å². The molecular weight excluding hydrogens is 420 g/mol. The van der Waals surface area contributed by atoms with E-state index in [9.17, 15) is 9.59 Å². The van der Waals surface area contributed by atoms with Gasteiger partial charge in [0.2, 0.25) is 5.95 Å². The molecule has 0 aliphatic carbocycles. The Balaban J connectivity index is 1.51. The molecule has 0 radical (unpaired) electrons. The zero-order chi connectivity index (χ0) is 23.8. The lowest BCUT2D eigenvalue weighted by Gasteiger charge is -2.35. The predicted octanol–water partition coefficient (Wildman–Crippen LogP) is 2.69.